The maximum absolute atomic E-state index is 4.49. The number of fused-ring (bicyclic) bond motifs is 1. The van der Waals surface area contributed by atoms with Crippen LogP contribution < -0.4 is 5.32 Å². The molecule has 0 unspecified atom stereocenters. The third-order valence-electron chi connectivity index (χ3n) is 5.16. The number of aliphatic imine (C=N–C) groups is 1. The van der Waals surface area contributed by atoms with E-state index in [1.165, 1.54) is 22.2 Å². The molecular formula is C22H28IN5. The zero-order valence-corrected chi connectivity index (χ0v) is 18.6. The molecule has 0 radical (unpaired) electrons. The van der Waals surface area contributed by atoms with E-state index in [1.807, 2.05) is 7.05 Å². The molecule has 5 nitrogen and oxygen atoms in total. The number of aromatic amines is 1. The molecule has 1 aromatic heterocycles. The Kier molecular flexibility index (Phi) is 7.33. The van der Waals surface area contributed by atoms with Crippen molar-refractivity contribution in [2.45, 2.75) is 13.1 Å². The number of para-hydroxylation sites is 1. The fourth-order valence-electron chi connectivity index (χ4n) is 3.69. The van der Waals surface area contributed by atoms with Crippen molar-refractivity contribution in [3.05, 3.63) is 71.9 Å². The zero-order chi connectivity index (χ0) is 18.5. The molecule has 0 atom stereocenters. The van der Waals surface area contributed by atoms with Crippen LogP contribution in [0.15, 0.2) is 65.7 Å². The second kappa shape index (κ2) is 9.93. The molecule has 1 fully saturated rings. The molecule has 0 spiro atoms. The summed E-state index contributed by atoms with van der Waals surface area (Å²) >= 11 is 0. The lowest BCUT2D eigenvalue weighted by Crippen LogP contribution is -2.52. The van der Waals surface area contributed by atoms with Gasteiger partial charge in [0.05, 0.1) is 6.54 Å². The van der Waals surface area contributed by atoms with Gasteiger partial charge in [0.25, 0.3) is 0 Å². The van der Waals surface area contributed by atoms with Crippen molar-refractivity contribution in [2.24, 2.45) is 4.99 Å². The molecule has 2 N–H and O–H groups in total. The van der Waals surface area contributed by atoms with Crippen molar-refractivity contribution >= 4 is 40.8 Å². The first-order chi connectivity index (χ1) is 13.3. The van der Waals surface area contributed by atoms with Crippen LogP contribution in [0.5, 0.6) is 0 Å². The highest BCUT2D eigenvalue weighted by Crippen LogP contribution is 2.14. The minimum Gasteiger partial charge on any atom is -0.357 e. The van der Waals surface area contributed by atoms with Crippen molar-refractivity contribution in [3.63, 3.8) is 0 Å². The molecular weight excluding hydrogens is 461 g/mol. The topological polar surface area (TPSA) is 46.7 Å². The Hall–Kier alpha value is -2.06. The Balaban J connectivity index is 0.00000225. The molecule has 28 heavy (non-hydrogen) atoms. The third kappa shape index (κ3) is 5.05. The van der Waals surface area contributed by atoms with Crippen LogP contribution in [0, 0.1) is 0 Å². The highest BCUT2D eigenvalue weighted by molar-refractivity contribution is 14.0. The number of rotatable bonds is 4. The smallest absolute Gasteiger partial charge is 0.194 e. The number of halogens is 1. The molecule has 148 valence electrons. The van der Waals surface area contributed by atoms with Gasteiger partial charge in [0.15, 0.2) is 5.96 Å². The van der Waals surface area contributed by atoms with Gasteiger partial charge in [-0.1, -0.05) is 48.5 Å². The number of guanidine groups is 1. The fourth-order valence-corrected chi connectivity index (χ4v) is 3.69. The molecule has 0 amide bonds. The fraction of sp³-hybridized carbons (Fsp3) is 0.318. The molecule has 1 aliphatic heterocycles. The van der Waals surface area contributed by atoms with Crippen molar-refractivity contribution < 1.29 is 0 Å². The Bertz CT molecular complexity index is 864. The molecule has 0 bridgehead atoms. The summed E-state index contributed by atoms with van der Waals surface area (Å²) in [5.74, 6) is 0.980. The quantitative estimate of drug-likeness (QED) is 0.334. The second-order valence-corrected chi connectivity index (χ2v) is 7.03. The van der Waals surface area contributed by atoms with Crippen LogP contribution in [0.4, 0.5) is 0 Å². The third-order valence-corrected chi connectivity index (χ3v) is 5.16. The summed E-state index contributed by atoms with van der Waals surface area (Å²) in [5, 5.41) is 4.76. The second-order valence-electron chi connectivity index (χ2n) is 7.03. The number of hydrogen-bond donors (Lipinski definition) is 2. The molecule has 6 heteroatoms. The van der Waals surface area contributed by atoms with Crippen molar-refractivity contribution in [1.29, 1.82) is 0 Å². The number of nitrogens with zero attached hydrogens (tertiary/aromatic N) is 3. The van der Waals surface area contributed by atoms with Crippen LogP contribution in [0.2, 0.25) is 0 Å². The number of aromatic nitrogens is 1. The van der Waals surface area contributed by atoms with Crippen LogP contribution in [-0.4, -0.2) is 54.0 Å². The van der Waals surface area contributed by atoms with Gasteiger partial charge in [-0.05, 0) is 23.1 Å². The average molecular weight is 489 g/mol. The molecule has 1 saturated heterocycles. The lowest BCUT2D eigenvalue weighted by molar-refractivity contribution is 0.172. The zero-order valence-electron chi connectivity index (χ0n) is 16.3. The van der Waals surface area contributed by atoms with Gasteiger partial charge in [-0.25, -0.2) is 0 Å². The molecule has 0 saturated carbocycles. The Morgan fingerprint density at radius 3 is 2.43 bits per heavy atom. The van der Waals surface area contributed by atoms with Crippen molar-refractivity contribution in [2.75, 3.05) is 33.2 Å². The number of H-pyrrole nitrogens is 1. The van der Waals surface area contributed by atoms with Crippen LogP contribution in [-0.2, 0) is 13.1 Å². The summed E-state index contributed by atoms with van der Waals surface area (Å²) in [4.78, 5) is 12.8. The number of benzene rings is 2. The van der Waals surface area contributed by atoms with E-state index in [0.29, 0.717) is 0 Å². The largest absolute Gasteiger partial charge is 0.357 e. The summed E-state index contributed by atoms with van der Waals surface area (Å²) in [6.45, 7) is 5.89. The Morgan fingerprint density at radius 1 is 1.00 bits per heavy atom. The van der Waals surface area contributed by atoms with E-state index in [-0.39, 0.29) is 24.0 Å². The number of piperazine rings is 1. The van der Waals surface area contributed by atoms with Gasteiger partial charge in [-0.2, -0.15) is 0 Å². The highest BCUT2D eigenvalue weighted by Gasteiger charge is 2.19. The Morgan fingerprint density at radius 2 is 1.71 bits per heavy atom. The number of nitrogens with one attached hydrogen (secondary N) is 2. The molecule has 0 aliphatic carbocycles. The monoisotopic (exact) mass is 489 g/mol. The Labute approximate surface area is 183 Å². The van der Waals surface area contributed by atoms with Crippen LogP contribution in [0.25, 0.3) is 10.9 Å². The van der Waals surface area contributed by atoms with Gasteiger partial charge in [0.2, 0.25) is 0 Å². The van der Waals surface area contributed by atoms with Crippen molar-refractivity contribution in [1.82, 2.24) is 20.1 Å². The van der Waals surface area contributed by atoms with Gasteiger partial charge in [-0.15, -0.1) is 24.0 Å². The van der Waals surface area contributed by atoms with Gasteiger partial charge in [-0.3, -0.25) is 9.89 Å². The first kappa shape index (κ1) is 20.7. The van der Waals surface area contributed by atoms with Gasteiger partial charge >= 0.3 is 0 Å². The van der Waals surface area contributed by atoms with Crippen LogP contribution in [0.1, 0.15) is 11.3 Å². The van der Waals surface area contributed by atoms with E-state index >= 15 is 0 Å². The summed E-state index contributed by atoms with van der Waals surface area (Å²) in [6.07, 6.45) is 0. The summed E-state index contributed by atoms with van der Waals surface area (Å²) in [5.41, 5.74) is 3.74. The first-order valence-electron chi connectivity index (χ1n) is 9.60. The SMILES string of the molecule is CN=C(NCc1cc2ccccc2[nH]1)N1CCN(Cc2ccccc2)CC1.I. The maximum atomic E-state index is 4.49. The van der Waals surface area contributed by atoms with Gasteiger partial charge in [0, 0.05) is 51.0 Å². The average Bonchev–Trinajstić information content (AvgIpc) is 3.13. The lowest BCUT2D eigenvalue weighted by Gasteiger charge is -2.36. The van der Waals surface area contributed by atoms with Crippen LogP contribution >= 0.6 is 24.0 Å². The van der Waals surface area contributed by atoms with E-state index in [9.17, 15) is 0 Å². The maximum Gasteiger partial charge on any atom is 0.194 e. The summed E-state index contributed by atoms with van der Waals surface area (Å²) < 4.78 is 0. The van der Waals surface area contributed by atoms with Gasteiger partial charge < -0.3 is 15.2 Å². The van der Waals surface area contributed by atoms with E-state index in [0.717, 1.165) is 45.2 Å². The molecule has 4 rings (SSSR count). The van der Waals surface area contributed by atoms with Crippen molar-refractivity contribution in [3.8, 4) is 0 Å². The summed E-state index contributed by atoms with van der Waals surface area (Å²) in [7, 11) is 1.86. The van der Waals surface area contributed by atoms with Crippen LogP contribution in [0.3, 0.4) is 0 Å². The highest BCUT2D eigenvalue weighted by atomic mass is 127. The van der Waals surface area contributed by atoms with Gasteiger partial charge in [0.1, 0.15) is 0 Å². The van der Waals surface area contributed by atoms with E-state index in [4.69, 9.17) is 0 Å². The molecule has 2 heterocycles. The first-order valence-corrected chi connectivity index (χ1v) is 9.60. The molecule has 3 aromatic rings. The molecule has 2 aromatic carbocycles. The standard InChI is InChI=1S/C22H27N5.HI/c1-23-22(24-16-20-15-19-9-5-6-10-21(19)25-20)27-13-11-26(12-14-27)17-18-7-3-2-4-8-18;/h2-10,15,25H,11-14,16-17H2,1H3,(H,23,24);1H. The lowest BCUT2D eigenvalue weighted by atomic mass is 10.2. The van der Waals surface area contributed by atoms with E-state index in [1.54, 1.807) is 0 Å². The van der Waals surface area contributed by atoms with E-state index in [2.05, 4.69) is 85.8 Å². The predicted octanol–water partition coefficient (Wildman–Crippen LogP) is 3.68. The summed E-state index contributed by atoms with van der Waals surface area (Å²) in [6, 6.07) is 21.3. The predicted molar refractivity (Wildman–Crippen MR) is 127 cm³/mol. The minimum absolute atomic E-state index is 0. The minimum atomic E-state index is 0. The van der Waals surface area contributed by atoms with E-state index < -0.39 is 0 Å². The number of hydrogen-bond acceptors (Lipinski definition) is 2. The molecule has 1 aliphatic rings. The normalized spacial score (nSPS) is 15.5.